The van der Waals surface area contributed by atoms with Gasteiger partial charge in [0.25, 0.3) is 0 Å². The van der Waals surface area contributed by atoms with E-state index in [4.69, 9.17) is 10.7 Å². The first-order valence-electron chi connectivity index (χ1n) is 6.19. The Balaban J connectivity index is 2.00. The molecule has 1 fully saturated rings. The van der Waals surface area contributed by atoms with Gasteiger partial charge in [-0.25, -0.2) is 4.98 Å². The lowest BCUT2D eigenvalue weighted by molar-refractivity contribution is 0.444. The summed E-state index contributed by atoms with van der Waals surface area (Å²) in [6.07, 6.45) is 4.65. The zero-order valence-electron chi connectivity index (χ0n) is 10.1. The molecule has 2 aromatic heterocycles. The van der Waals surface area contributed by atoms with Gasteiger partial charge in [-0.05, 0) is 18.8 Å². The fourth-order valence-corrected chi connectivity index (χ4v) is 3.37. The van der Waals surface area contributed by atoms with Crippen molar-refractivity contribution in [1.82, 2.24) is 9.38 Å². The second kappa shape index (κ2) is 4.31. The highest BCUT2D eigenvalue weighted by Crippen LogP contribution is 2.28. The van der Waals surface area contributed by atoms with Crippen molar-refractivity contribution in [3.05, 3.63) is 17.3 Å². The number of anilines is 1. The smallest absolute Gasteiger partial charge is 0.195 e. The molecule has 1 aliphatic heterocycles. The zero-order chi connectivity index (χ0) is 11.8. The topological polar surface area (TPSA) is 46.6 Å². The first-order valence-corrected chi connectivity index (χ1v) is 7.07. The fraction of sp³-hybridized carbons (Fsp3) is 0.583. The minimum Gasteiger partial charge on any atom is -0.355 e. The predicted molar refractivity (Wildman–Crippen MR) is 71.6 cm³/mol. The van der Waals surface area contributed by atoms with Gasteiger partial charge in [0.2, 0.25) is 0 Å². The van der Waals surface area contributed by atoms with Crippen molar-refractivity contribution in [3.63, 3.8) is 0 Å². The molecule has 3 heterocycles. The Morgan fingerprint density at radius 1 is 1.59 bits per heavy atom. The van der Waals surface area contributed by atoms with E-state index in [-0.39, 0.29) is 0 Å². The maximum atomic E-state index is 5.88. The van der Waals surface area contributed by atoms with E-state index in [1.165, 1.54) is 12.8 Å². The van der Waals surface area contributed by atoms with Gasteiger partial charge < -0.3 is 10.6 Å². The summed E-state index contributed by atoms with van der Waals surface area (Å²) in [5.74, 6) is 1.86. The fourth-order valence-electron chi connectivity index (χ4n) is 2.65. The Morgan fingerprint density at radius 2 is 2.47 bits per heavy atom. The van der Waals surface area contributed by atoms with Crippen LogP contribution in [0.4, 0.5) is 5.82 Å². The highest BCUT2D eigenvalue weighted by molar-refractivity contribution is 7.15. The molecule has 92 valence electrons. The van der Waals surface area contributed by atoms with Gasteiger partial charge in [-0.1, -0.05) is 6.92 Å². The quantitative estimate of drug-likeness (QED) is 0.887. The van der Waals surface area contributed by atoms with E-state index in [0.717, 1.165) is 35.5 Å². The normalized spacial score (nSPS) is 21.3. The zero-order valence-corrected chi connectivity index (χ0v) is 10.9. The molecule has 17 heavy (non-hydrogen) atoms. The van der Waals surface area contributed by atoms with Crippen molar-refractivity contribution >= 4 is 22.1 Å². The molecule has 2 aromatic rings. The molecule has 5 heteroatoms. The Labute approximate surface area is 105 Å². The average molecular weight is 250 g/mol. The van der Waals surface area contributed by atoms with Gasteiger partial charge in [-0.3, -0.25) is 4.40 Å². The predicted octanol–water partition coefficient (Wildman–Crippen LogP) is 2.09. The molecule has 1 saturated heterocycles. The van der Waals surface area contributed by atoms with E-state index in [1.807, 2.05) is 0 Å². The SMILES string of the molecule is CC1CCCN(c2nc3sccn3c2CN)C1. The molecule has 2 N–H and O–H groups in total. The Hall–Kier alpha value is -1.07. The van der Waals surface area contributed by atoms with Crippen molar-refractivity contribution < 1.29 is 0 Å². The maximum Gasteiger partial charge on any atom is 0.195 e. The maximum absolute atomic E-state index is 5.88. The molecule has 1 atom stereocenters. The van der Waals surface area contributed by atoms with Gasteiger partial charge in [0.1, 0.15) is 0 Å². The van der Waals surface area contributed by atoms with E-state index < -0.39 is 0 Å². The van der Waals surface area contributed by atoms with Crippen LogP contribution in [0.1, 0.15) is 25.5 Å². The first kappa shape index (κ1) is 11.0. The molecule has 3 rings (SSSR count). The van der Waals surface area contributed by atoms with Crippen molar-refractivity contribution in [3.8, 4) is 0 Å². The number of thiazole rings is 1. The van der Waals surface area contributed by atoms with Crippen LogP contribution in [0.2, 0.25) is 0 Å². The van der Waals surface area contributed by atoms with Gasteiger partial charge in [0.05, 0.1) is 5.69 Å². The van der Waals surface area contributed by atoms with Gasteiger partial charge >= 0.3 is 0 Å². The van der Waals surface area contributed by atoms with Crippen LogP contribution in [0.3, 0.4) is 0 Å². The molecule has 1 unspecified atom stereocenters. The van der Waals surface area contributed by atoms with Crippen LogP contribution in [0.5, 0.6) is 0 Å². The largest absolute Gasteiger partial charge is 0.355 e. The summed E-state index contributed by atoms with van der Waals surface area (Å²) in [7, 11) is 0. The van der Waals surface area contributed by atoms with Crippen LogP contribution < -0.4 is 10.6 Å². The lowest BCUT2D eigenvalue weighted by Crippen LogP contribution is -2.35. The summed E-state index contributed by atoms with van der Waals surface area (Å²) >= 11 is 1.67. The Bertz CT molecular complexity index is 516. The number of hydrogen-bond acceptors (Lipinski definition) is 4. The lowest BCUT2D eigenvalue weighted by atomic mass is 10.0. The van der Waals surface area contributed by atoms with Gasteiger partial charge in [0, 0.05) is 31.2 Å². The lowest BCUT2D eigenvalue weighted by Gasteiger charge is -2.31. The summed E-state index contributed by atoms with van der Waals surface area (Å²) < 4.78 is 2.12. The number of hydrogen-bond donors (Lipinski definition) is 1. The number of nitrogens with zero attached hydrogens (tertiary/aromatic N) is 3. The first-order chi connectivity index (χ1) is 8.29. The van der Waals surface area contributed by atoms with Crippen molar-refractivity contribution in [2.45, 2.75) is 26.3 Å². The highest BCUT2D eigenvalue weighted by atomic mass is 32.1. The molecular formula is C12H18N4S. The third-order valence-electron chi connectivity index (χ3n) is 3.49. The van der Waals surface area contributed by atoms with E-state index in [0.29, 0.717) is 6.54 Å². The summed E-state index contributed by atoms with van der Waals surface area (Å²) in [5, 5.41) is 2.06. The standard InChI is InChI=1S/C12H18N4S/c1-9-3-2-4-15(8-9)11-10(7-13)16-5-6-17-12(16)14-11/h5-6,9H,2-4,7-8,13H2,1H3. The van der Waals surface area contributed by atoms with Gasteiger partial charge in [0.15, 0.2) is 10.8 Å². The summed E-state index contributed by atoms with van der Waals surface area (Å²) in [4.78, 5) is 8.18. The number of nitrogens with two attached hydrogens (primary N) is 1. The number of piperidine rings is 1. The molecule has 1 aliphatic rings. The summed E-state index contributed by atoms with van der Waals surface area (Å²) in [5.41, 5.74) is 7.03. The van der Waals surface area contributed by atoms with Crippen LogP contribution in [-0.2, 0) is 6.54 Å². The van der Waals surface area contributed by atoms with Gasteiger partial charge in [-0.2, -0.15) is 0 Å². The second-order valence-corrected chi connectivity index (χ2v) is 5.71. The molecule has 0 saturated carbocycles. The molecule has 0 aromatic carbocycles. The van der Waals surface area contributed by atoms with E-state index in [1.54, 1.807) is 11.3 Å². The van der Waals surface area contributed by atoms with Crippen LogP contribution in [0.15, 0.2) is 11.6 Å². The van der Waals surface area contributed by atoms with Crippen molar-refractivity contribution in [1.29, 1.82) is 0 Å². The highest BCUT2D eigenvalue weighted by Gasteiger charge is 2.22. The Kier molecular flexibility index (Phi) is 2.80. The number of fused-ring (bicyclic) bond motifs is 1. The monoisotopic (exact) mass is 250 g/mol. The minimum atomic E-state index is 0.554. The second-order valence-electron chi connectivity index (χ2n) is 4.84. The number of rotatable bonds is 2. The average Bonchev–Trinajstić information content (AvgIpc) is 2.88. The minimum absolute atomic E-state index is 0.554. The third kappa shape index (κ3) is 1.83. The molecule has 0 spiro atoms. The summed E-state index contributed by atoms with van der Waals surface area (Å²) in [6.45, 7) is 5.09. The number of imidazole rings is 1. The third-order valence-corrected chi connectivity index (χ3v) is 4.25. The molecule has 0 bridgehead atoms. The van der Waals surface area contributed by atoms with E-state index in [9.17, 15) is 0 Å². The van der Waals surface area contributed by atoms with Crippen LogP contribution >= 0.6 is 11.3 Å². The summed E-state index contributed by atoms with van der Waals surface area (Å²) in [6, 6.07) is 0. The molecule has 0 amide bonds. The molecule has 0 aliphatic carbocycles. The molecule has 0 radical (unpaired) electrons. The molecule has 4 nitrogen and oxygen atoms in total. The van der Waals surface area contributed by atoms with E-state index >= 15 is 0 Å². The van der Waals surface area contributed by atoms with Gasteiger partial charge in [-0.15, -0.1) is 11.3 Å². The molecular weight excluding hydrogens is 232 g/mol. The Morgan fingerprint density at radius 3 is 3.24 bits per heavy atom. The van der Waals surface area contributed by atoms with E-state index in [2.05, 4.69) is 27.8 Å². The number of aromatic nitrogens is 2. The van der Waals surface area contributed by atoms with Crippen molar-refractivity contribution in [2.24, 2.45) is 11.7 Å². The van der Waals surface area contributed by atoms with Crippen LogP contribution in [0, 0.1) is 5.92 Å². The van der Waals surface area contributed by atoms with Crippen LogP contribution in [-0.4, -0.2) is 22.5 Å². The van der Waals surface area contributed by atoms with Crippen molar-refractivity contribution in [2.75, 3.05) is 18.0 Å². The van der Waals surface area contributed by atoms with Crippen LogP contribution in [0.25, 0.3) is 4.96 Å².